The van der Waals surface area contributed by atoms with Gasteiger partial charge in [0.15, 0.2) is 0 Å². The molecule has 0 aliphatic heterocycles. The topological polar surface area (TPSA) is 25.8 Å². The highest BCUT2D eigenvalue weighted by Crippen LogP contribution is 2.28. The predicted molar refractivity (Wildman–Crippen MR) is 76.9 cm³/mol. The van der Waals surface area contributed by atoms with Crippen LogP contribution < -0.4 is 0 Å². The zero-order valence-electron chi connectivity index (χ0n) is 11.6. The third-order valence-corrected chi connectivity index (χ3v) is 3.34. The maximum Gasteiger partial charge on any atom is 0.131 e. The normalized spacial score (nSPS) is 10.8. The third-order valence-electron chi connectivity index (χ3n) is 2.41. The molecule has 94 valence electrons. The van der Waals surface area contributed by atoms with Gasteiger partial charge in [-0.3, -0.25) is 0 Å². The lowest BCUT2D eigenvalue weighted by Crippen LogP contribution is -2.02. The van der Waals surface area contributed by atoms with Gasteiger partial charge in [0.2, 0.25) is 0 Å². The summed E-state index contributed by atoms with van der Waals surface area (Å²) in [6.07, 6.45) is 0. The van der Waals surface area contributed by atoms with Gasteiger partial charge in [0.25, 0.3) is 0 Å². The molecule has 0 saturated carbocycles. The van der Waals surface area contributed by atoms with Crippen LogP contribution in [0.25, 0.3) is 10.2 Å². The van der Waals surface area contributed by atoms with Crippen molar-refractivity contribution >= 4 is 21.6 Å². The van der Waals surface area contributed by atoms with Gasteiger partial charge < -0.3 is 0 Å². The molecule has 0 saturated heterocycles. The molecule has 0 bridgehead atoms. The van der Waals surface area contributed by atoms with Gasteiger partial charge in [-0.05, 0) is 17.4 Å². The molecule has 0 aliphatic carbocycles. The molecule has 2 aromatic heterocycles. The van der Waals surface area contributed by atoms with Crippen LogP contribution in [-0.4, -0.2) is 9.97 Å². The Balaban J connectivity index is 0.000000686. The van der Waals surface area contributed by atoms with Crippen LogP contribution in [-0.2, 0) is 0 Å². The van der Waals surface area contributed by atoms with Crippen molar-refractivity contribution in [1.29, 1.82) is 0 Å². The first-order valence-electron chi connectivity index (χ1n) is 6.34. The van der Waals surface area contributed by atoms with Crippen molar-refractivity contribution in [3.63, 3.8) is 0 Å². The Morgan fingerprint density at radius 3 is 2.18 bits per heavy atom. The summed E-state index contributed by atoms with van der Waals surface area (Å²) in [6.45, 7) is 12.6. The van der Waals surface area contributed by atoms with Crippen molar-refractivity contribution in [1.82, 2.24) is 9.97 Å². The van der Waals surface area contributed by atoms with Crippen LogP contribution >= 0.6 is 11.3 Å². The van der Waals surface area contributed by atoms with Crippen molar-refractivity contribution in [2.24, 2.45) is 0 Å². The van der Waals surface area contributed by atoms with E-state index in [-0.39, 0.29) is 0 Å². The molecule has 0 fully saturated rings. The van der Waals surface area contributed by atoms with E-state index in [1.165, 1.54) is 10.4 Å². The second-order valence-electron chi connectivity index (χ2n) is 4.41. The zero-order chi connectivity index (χ0) is 13.0. The summed E-state index contributed by atoms with van der Waals surface area (Å²) in [7, 11) is 0. The lowest BCUT2D eigenvalue weighted by molar-refractivity contribution is 0.744. The Hall–Kier alpha value is -0.960. The van der Waals surface area contributed by atoms with Gasteiger partial charge in [-0.15, -0.1) is 11.3 Å². The minimum atomic E-state index is 0.395. The van der Waals surface area contributed by atoms with Crippen LogP contribution in [0.3, 0.4) is 0 Å². The summed E-state index contributed by atoms with van der Waals surface area (Å²) in [4.78, 5) is 9.25. The van der Waals surface area contributed by atoms with Crippen LogP contribution in [0.2, 0.25) is 0 Å². The molecule has 2 heterocycles. The van der Waals surface area contributed by atoms with Gasteiger partial charge in [-0.2, -0.15) is 0 Å². The third kappa shape index (κ3) is 3.03. The number of hydrogen-bond donors (Lipinski definition) is 0. The fourth-order valence-electron chi connectivity index (χ4n) is 1.55. The maximum atomic E-state index is 4.67. The van der Waals surface area contributed by atoms with E-state index in [0.717, 1.165) is 11.3 Å². The molecule has 2 rings (SSSR count). The molecular formula is C14H22N2S. The lowest BCUT2D eigenvalue weighted by Gasteiger charge is -2.10. The van der Waals surface area contributed by atoms with Crippen molar-refractivity contribution in [2.75, 3.05) is 0 Å². The molecular weight excluding hydrogens is 228 g/mol. The minimum absolute atomic E-state index is 0.395. The second-order valence-corrected chi connectivity index (χ2v) is 5.33. The van der Waals surface area contributed by atoms with Crippen molar-refractivity contribution < 1.29 is 0 Å². The molecule has 0 atom stereocenters. The fraction of sp³-hybridized carbons (Fsp3) is 0.571. The quantitative estimate of drug-likeness (QED) is 0.752. The summed E-state index contributed by atoms with van der Waals surface area (Å²) in [5.41, 5.74) is 2.29. The lowest BCUT2D eigenvalue weighted by atomic mass is 10.1. The molecule has 0 spiro atoms. The molecule has 17 heavy (non-hydrogen) atoms. The highest BCUT2D eigenvalue weighted by molar-refractivity contribution is 7.17. The molecule has 0 amide bonds. The molecule has 2 nitrogen and oxygen atoms in total. The summed E-state index contributed by atoms with van der Waals surface area (Å²) in [5.74, 6) is 1.82. The van der Waals surface area contributed by atoms with Gasteiger partial charge >= 0.3 is 0 Å². The summed E-state index contributed by atoms with van der Waals surface area (Å²) < 4.78 is 1.24. The Morgan fingerprint density at radius 2 is 1.65 bits per heavy atom. The van der Waals surface area contributed by atoms with Crippen molar-refractivity contribution in [2.45, 2.75) is 53.4 Å². The van der Waals surface area contributed by atoms with Crippen LogP contribution in [0, 0.1) is 0 Å². The van der Waals surface area contributed by atoms with Crippen LogP contribution in [0.15, 0.2) is 11.4 Å². The van der Waals surface area contributed by atoms with E-state index in [4.69, 9.17) is 0 Å². The molecule has 0 radical (unpaired) electrons. The number of fused-ring (bicyclic) bond motifs is 1. The van der Waals surface area contributed by atoms with E-state index in [0.29, 0.717) is 11.8 Å². The second kappa shape index (κ2) is 6.10. The van der Waals surface area contributed by atoms with E-state index >= 15 is 0 Å². The largest absolute Gasteiger partial charge is 0.236 e. The van der Waals surface area contributed by atoms with Gasteiger partial charge in [-0.1, -0.05) is 41.5 Å². The van der Waals surface area contributed by atoms with E-state index in [9.17, 15) is 0 Å². The minimum Gasteiger partial charge on any atom is -0.236 e. The Morgan fingerprint density at radius 1 is 1.00 bits per heavy atom. The Bertz CT molecular complexity index is 472. The zero-order valence-corrected chi connectivity index (χ0v) is 12.4. The Kier molecular flexibility index (Phi) is 5.06. The highest BCUT2D eigenvalue weighted by atomic mass is 32.1. The fourth-order valence-corrected chi connectivity index (χ4v) is 2.52. The van der Waals surface area contributed by atoms with E-state index in [2.05, 4.69) is 49.1 Å². The van der Waals surface area contributed by atoms with Gasteiger partial charge in [0.05, 0.1) is 15.9 Å². The SMILES string of the molecule is CC.CC(C)c1nc(C(C)C)c2sccc2n1. The van der Waals surface area contributed by atoms with Crippen molar-refractivity contribution in [3.8, 4) is 0 Å². The number of hydrogen-bond acceptors (Lipinski definition) is 3. The summed E-state index contributed by atoms with van der Waals surface area (Å²) in [6, 6.07) is 2.08. The average Bonchev–Trinajstić information content (AvgIpc) is 2.77. The van der Waals surface area contributed by atoms with Crippen molar-refractivity contribution in [3.05, 3.63) is 23.0 Å². The van der Waals surface area contributed by atoms with Gasteiger partial charge in [0, 0.05) is 5.92 Å². The van der Waals surface area contributed by atoms with E-state index in [1.54, 1.807) is 11.3 Å². The first kappa shape index (κ1) is 14.1. The standard InChI is InChI=1S/C12H16N2S.C2H6/c1-7(2)10-11-9(5-6-15-11)13-12(14-10)8(3)4;1-2/h5-8H,1-4H3;1-2H3. The number of rotatable bonds is 2. The monoisotopic (exact) mass is 250 g/mol. The van der Waals surface area contributed by atoms with E-state index < -0.39 is 0 Å². The smallest absolute Gasteiger partial charge is 0.131 e. The molecule has 2 aromatic rings. The highest BCUT2D eigenvalue weighted by Gasteiger charge is 2.13. The first-order valence-corrected chi connectivity index (χ1v) is 7.22. The van der Waals surface area contributed by atoms with Gasteiger partial charge in [0.1, 0.15) is 5.82 Å². The summed E-state index contributed by atoms with van der Waals surface area (Å²) in [5, 5.41) is 2.09. The molecule has 0 N–H and O–H groups in total. The predicted octanol–water partition coefficient (Wildman–Crippen LogP) is 4.96. The van der Waals surface area contributed by atoms with Gasteiger partial charge in [-0.25, -0.2) is 9.97 Å². The molecule has 0 unspecified atom stereocenters. The molecule has 0 aliphatic rings. The number of aromatic nitrogens is 2. The van der Waals surface area contributed by atoms with E-state index in [1.807, 2.05) is 13.8 Å². The molecule has 3 heteroatoms. The molecule has 0 aromatic carbocycles. The van der Waals surface area contributed by atoms with Crippen LogP contribution in [0.5, 0.6) is 0 Å². The maximum absolute atomic E-state index is 4.67. The number of nitrogens with zero attached hydrogens (tertiary/aromatic N) is 2. The summed E-state index contributed by atoms with van der Waals surface area (Å²) >= 11 is 1.74. The number of thiophene rings is 1. The Labute approximate surface area is 108 Å². The van der Waals surface area contributed by atoms with Crippen LogP contribution in [0.4, 0.5) is 0 Å². The first-order chi connectivity index (χ1) is 8.09. The average molecular weight is 250 g/mol. The van der Waals surface area contributed by atoms with Crippen LogP contribution in [0.1, 0.15) is 64.9 Å².